The summed E-state index contributed by atoms with van der Waals surface area (Å²) < 4.78 is 6.02. The van der Waals surface area contributed by atoms with E-state index in [1.54, 1.807) is 0 Å². The molecule has 0 saturated heterocycles. The Morgan fingerprint density at radius 1 is 0.870 bits per heavy atom. The lowest BCUT2D eigenvalue weighted by molar-refractivity contribution is 0.0958. The highest BCUT2D eigenvalue weighted by molar-refractivity contribution is 5.27. The summed E-state index contributed by atoms with van der Waals surface area (Å²) in [6, 6.07) is 19.5. The van der Waals surface area contributed by atoms with Crippen LogP contribution in [-0.4, -0.2) is 6.61 Å². The van der Waals surface area contributed by atoms with E-state index in [-0.39, 0.29) is 5.41 Å². The molecule has 0 aromatic heterocycles. The SMILES string of the molecule is CC(C)[C@H](COCc1ccc(C(C)(C)C)cc1)c1ccccc1. The van der Waals surface area contributed by atoms with Crippen molar-refractivity contribution in [3.63, 3.8) is 0 Å². The normalized spacial score (nSPS) is 13.3. The summed E-state index contributed by atoms with van der Waals surface area (Å²) in [5, 5.41) is 0. The summed E-state index contributed by atoms with van der Waals surface area (Å²) in [6.45, 7) is 12.7. The van der Waals surface area contributed by atoms with Gasteiger partial charge in [-0.15, -0.1) is 0 Å². The molecule has 0 spiro atoms. The second kappa shape index (κ2) is 7.79. The van der Waals surface area contributed by atoms with Crippen LogP contribution in [0.15, 0.2) is 54.6 Å². The zero-order valence-corrected chi connectivity index (χ0v) is 15.2. The first kappa shape index (κ1) is 17.7. The fourth-order valence-electron chi connectivity index (χ4n) is 2.78. The Morgan fingerprint density at radius 2 is 1.48 bits per heavy atom. The Labute approximate surface area is 141 Å². The monoisotopic (exact) mass is 310 g/mol. The molecule has 0 radical (unpaired) electrons. The molecular formula is C22H30O. The van der Waals surface area contributed by atoms with Gasteiger partial charge in [0.25, 0.3) is 0 Å². The largest absolute Gasteiger partial charge is 0.376 e. The van der Waals surface area contributed by atoms with Gasteiger partial charge in [-0.05, 0) is 28.0 Å². The van der Waals surface area contributed by atoms with E-state index < -0.39 is 0 Å². The summed E-state index contributed by atoms with van der Waals surface area (Å²) in [7, 11) is 0. The molecule has 0 N–H and O–H groups in total. The van der Waals surface area contributed by atoms with E-state index in [2.05, 4.69) is 89.2 Å². The molecule has 1 atom stereocenters. The molecule has 0 aliphatic carbocycles. The van der Waals surface area contributed by atoms with Crippen LogP contribution >= 0.6 is 0 Å². The standard InChI is InChI=1S/C22H30O/c1-17(2)21(19-9-7-6-8-10-19)16-23-15-18-11-13-20(14-12-18)22(3,4)5/h6-14,17,21H,15-16H2,1-5H3/t21-/m0/s1. The van der Waals surface area contributed by atoms with Gasteiger partial charge in [0.2, 0.25) is 0 Å². The Kier molecular flexibility index (Phi) is 6.01. The summed E-state index contributed by atoms with van der Waals surface area (Å²) in [6.07, 6.45) is 0. The Balaban J connectivity index is 1.93. The topological polar surface area (TPSA) is 9.23 Å². The number of ether oxygens (including phenoxy) is 1. The van der Waals surface area contributed by atoms with Crippen molar-refractivity contribution in [1.82, 2.24) is 0 Å². The van der Waals surface area contributed by atoms with Crippen molar-refractivity contribution in [1.29, 1.82) is 0 Å². The molecule has 0 aliphatic rings. The van der Waals surface area contributed by atoms with Gasteiger partial charge in [-0.3, -0.25) is 0 Å². The maximum Gasteiger partial charge on any atom is 0.0717 e. The van der Waals surface area contributed by atoms with Crippen molar-refractivity contribution in [2.45, 2.75) is 52.6 Å². The first-order chi connectivity index (χ1) is 10.9. The molecule has 23 heavy (non-hydrogen) atoms. The summed E-state index contributed by atoms with van der Waals surface area (Å²) in [4.78, 5) is 0. The van der Waals surface area contributed by atoms with Crippen LogP contribution in [0.5, 0.6) is 0 Å². The van der Waals surface area contributed by atoms with Crippen molar-refractivity contribution in [2.75, 3.05) is 6.61 Å². The highest BCUT2D eigenvalue weighted by Gasteiger charge is 2.16. The van der Waals surface area contributed by atoms with Crippen molar-refractivity contribution in [2.24, 2.45) is 5.92 Å². The predicted molar refractivity (Wildman–Crippen MR) is 98.8 cm³/mol. The van der Waals surface area contributed by atoms with Gasteiger partial charge >= 0.3 is 0 Å². The number of hydrogen-bond acceptors (Lipinski definition) is 1. The molecule has 2 rings (SSSR count). The molecule has 2 aromatic rings. The number of hydrogen-bond donors (Lipinski definition) is 0. The van der Waals surface area contributed by atoms with Gasteiger partial charge in [0, 0.05) is 5.92 Å². The van der Waals surface area contributed by atoms with Crippen LogP contribution < -0.4 is 0 Å². The molecule has 0 amide bonds. The molecule has 0 aliphatic heterocycles. The van der Waals surface area contributed by atoms with Gasteiger partial charge < -0.3 is 4.74 Å². The first-order valence-corrected chi connectivity index (χ1v) is 8.60. The second-order valence-electron chi connectivity index (χ2n) is 7.72. The van der Waals surface area contributed by atoms with Crippen molar-refractivity contribution >= 4 is 0 Å². The molecule has 0 saturated carbocycles. The maximum absolute atomic E-state index is 6.02. The lowest BCUT2D eigenvalue weighted by Gasteiger charge is -2.22. The van der Waals surface area contributed by atoms with E-state index in [4.69, 9.17) is 4.74 Å². The van der Waals surface area contributed by atoms with Gasteiger partial charge in [-0.25, -0.2) is 0 Å². The Bertz CT molecular complexity index is 576. The van der Waals surface area contributed by atoms with Crippen LogP contribution in [0, 0.1) is 5.92 Å². The molecule has 0 unspecified atom stereocenters. The van der Waals surface area contributed by atoms with Crippen molar-refractivity contribution in [3.05, 3.63) is 71.3 Å². The highest BCUT2D eigenvalue weighted by atomic mass is 16.5. The molecule has 0 fully saturated rings. The van der Waals surface area contributed by atoms with E-state index in [0.717, 1.165) is 6.61 Å². The molecule has 1 heteroatoms. The van der Waals surface area contributed by atoms with Crippen LogP contribution in [0.2, 0.25) is 0 Å². The van der Waals surface area contributed by atoms with E-state index >= 15 is 0 Å². The highest BCUT2D eigenvalue weighted by Crippen LogP contribution is 2.25. The third-order valence-corrected chi connectivity index (χ3v) is 4.42. The molecule has 1 nitrogen and oxygen atoms in total. The number of benzene rings is 2. The smallest absolute Gasteiger partial charge is 0.0717 e. The fourth-order valence-corrected chi connectivity index (χ4v) is 2.78. The van der Waals surface area contributed by atoms with E-state index in [1.165, 1.54) is 16.7 Å². The van der Waals surface area contributed by atoms with Crippen molar-refractivity contribution < 1.29 is 4.74 Å². The number of rotatable bonds is 6. The minimum atomic E-state index is 0.204. The fraction of sp³-hybridized carbons (Fsp3) is 0.455. The van der Waals surface area contributed by atoms with Crippen LogP contribution in [0.25, 0.3) is 0 Å². The molecule has 124 valence electrons. The van der Waals surface area contributed by atoms with E-state index in [0.29, 0.717) is 18.4 Å². The maximum atomic E-state index is 6.02. The Morgan fingerprint density at radius 3 is 2.00 bits per heavy atom. The van der Waals surface area contributed by atoms with E-state index in [9.17, 15) is 0 Å². The van der Waals surface area contributed by atoms with Crippen LogP contribution in [-0.2, 0) is 16.8 Å². The van der Waals surface area contributed by atoms with Gasteiger partial charge in [0.1, 0.15) is 0 Å². The lowest BCUT2D eigenvalue weighted by Crippen LogP contribution is -2.14. The minimum Gasteiger partial charge on any atom is -0.376 e. The quantitative estimate of drug-likeness (QED) is 0.641. The first-order valence-electron chi connectivity index (χ1n) is 8.60. The van der Waals surface area contributed by atoms with Crippen LogP contribution in [0.4, 0.5) is 0 Å². The van der Waals surface area contributed by atoms with Crippen LogP contribution in [0.1, 0.15) is 57.2 Å². The lowest BCUT2D eigenvalue weighted by atomic mass is 9.87. The Hall–Kier alpha value is -1.60. The van der Waals surface area contributed by atoms with Crippen LogP contribution in [0.3, 0.4) is 0 Å². The second-order valence-corrected chi connectivity index (χ2v) is 7.72. The summed E-state index contributed by atoms with van der Waals surface area (Å²) in [5.41, 5.74) is 4.18. The van der Waals surface area contributed by atoms with Gasteiger partial charge in [0.05, 0.1) is 13.2 Å². The zero-order valence-electron chi connectivity index (χ0n) is 15.2. The minimum absolute atomic E-state index is 0.204. The molecule has 2 aromatic carbocycles. The average Bonchev–Trinajstić information content (AvgIpc) is 2.51. The zero-order chi connectivity index (χ0) is 16.9. The van der Waals surface area contributed by atoms with E-state index in [1.807, 2.05) is 0 Å². The molecule has 0 bridgehead atoms. The van der Waals surface area contributed by atoms with Gasteiger partial charge in [0.15, 0.2) is 0 Å². The van der Waals surface area contributed by atoms with Gasteiger partial charge in [-0.1, -0.05) is 89.2 Å². The molecular weight excluding hydrogens is 280 g/mol. The third-order valence-electron chi connectivity index (χ3n) is 4.42. The average molecular weight is 310 g/mol. The molecule has 0 heterocycles. The van der Waals surface area contributed by atoms with Crippen molar-refractivity contribution in [3.8, 4) is 0 Å². The summed E-state index contributed by atoms with van der Waals surface area (Å²) in [5.74, 6) is 1.02. The summed E-state index contributed by atoms with van der Waals surface area (Å²) >= 11 is 0. The third kappa shape index (κ3) is 5.21. The predicted octanol–water partition coefficient (Wildman–Crippen LogP) is 5.94. The van der Waals surface area contributed by atoms with Gasteiger partial charge in [-0.2, -0.15) is 0 Å².